The SMILES string of the molecule is Nc1ccc(C=Cc2ccc(N)cc2S(=O)(=O)O)c(S(=O)(=O)[O-])c1.[Na+]. The van der Waals surface area contributed by atoms with Crippen LogP contribution in [0.25, 0.3) is 12.2 Å². The average molecular weight is 392 g/mol. The summed E-state index contributed by atoms with van der Waals surface area (Å²) in [5.74, 6) is 0. The van der Waals surface area contributed by atoms with Crippen LogP contribution in [0, 0.1) is 0 Å². The van der Waals surface area contributed by atoms with Gasteiger partial charge in [-0.3, -0.25) is 4.55 Å². The number of nitrogen functional groups attached to an aromatic ring is 2. The Morgan fingerprint density at radius 3 is 1.64 bits per heavy atom. The summed E-state index contributed by atoms with van der Waals surface area (Å²) < 4.78 is 65.9. The summed E-state index contributed by atoms with van der Waals surface area (Å²) in [6.45, 7) is 0. The minimum atomic E-state index is -4.77. The van der Waals surface area contributed by atoms with Crippen molar-refractivity contribution in [3.05, 3.63) is 47.5 Å². The van der Waals surface area contributed by atoms with Crippen LogP contribution in [0.4, 0.5) is 11.4 Å². The van der Waals surface area contributed by atoms with Crippen LogP contribution in [0.15, 0.2) is 46.2 Å². The first-order valence-electron chi connectivity index (χ1n) is 6.39. The van der Waals surface area contributed by atoms with E-state index in [1.807, 2.05) is 0 Å². The predicted molar refractivity (Wildman–Crippen MR) is 88.4 cm³/mol. The van der Waals surface area contributed by atoms with E-state index in [0.717, 1.165) is 12.1 Å². The second-order valence-electron chi connectivity index (χ2n) is 4.86. The average Bonchev–Trinajstić information content (AvgIpc) is 2.45. The van der Waals surface area contributed by atoms with Crippen LogP contribution < -0.4 is 41.0 Å². The fourth-order valence-electron chi connectivity index (χ4n) is 2.00. The van der Waals surface area contributed by atoms with Gasteiger partial charge in [-0.15, -0.1) is 0 Å². The zero-order valence-corrected chi connectivity index (χ0v) is 16.7. The third-order valence-corrected chi connectivity index (χ3v) is 4.87. The minimum absolute atomic E-state index is 0. The van der Waals surface area contributed by atoms with Gasteiger partial charge in [0.2, 0.25) is 0 Å². The molecule has 0 aliphatic heterocycles. The Labute approximate surface area is 167 Å². The van der Waals surface area contributed by atoms with Gasteiger partial charge in [0.1, 0.15) is 15.0 Å². The van der Waals surface area contributed by atoms with Gasteiger partial charge >= 0.3 is 29.6 Å². The summed E-state index contributed by atoms with van der Waals surface area (Å²) in [7, 11) is -9.31. The van der Waals surface area contributed by atoms with Crippen molar-refractivity contribution in [1.82, 2.24) is 0 Å². The molecule has 0 radical (unpaired) electrons. The van der Waals surface area contributed by atoms with Crippen molar-refractivity contribution in [3.8, 4) is 0 Å². The van der Waals surface area contributed by atoms with Gasteiger partial charge in [0.25, 0.3) is 10.1 Å². The molecule has 8 nitrogen and oxygen atoms in total. The van der Waals surface area contributed by atoms with Crippen LogP contribution in [0.5, 0.6) is 0 Å². The molecule has 0 spiro atoms. The largest absolute Gasteiger partial charge is 1.00 e. The fraction of sp³-hybridized carbons (Fsp3) is 0. The summed E-state index contributed by atoms with van der Waals surface area (Å²) >= 11 is 0. The molecular weight excluding hydrogens is 379 g/mol. The van der Waals surface area contributed by atoms with E-state index in [9.17, 15) is 25.9 Å². The van der Waals surface area contributed by atoms with Gasteiger partial charge in [0.05, 0.1) is 4.90 Å². The molecule has 2 aromatic rings. The summed E-state index contributed by atoms with van der Waals surface area (Å²) in [4.78, 5) is -0.983. The van der Waals surface area contributed by atoms with Crippen molar-refractivity contribution < 1.29 is 55.5 Å². The molecule has 11 heteroatoms. The Kier molecular flexibility index (Phi) is 6.81. The molecule has 2 aromatic carbocycles. The molecule has 0 atom stereocenters. The standard InChI is InChI=1S/C14H14N2O6S2.Na/c15-11-5-3-9(13(7-11)23(17,18)19)1-2-10-4-6-12(16)8-14(10)24(20,21)22;/h1-8H,15-16H2,(H,17,18,19)(H,20,21,22);/q;+1/p-1. The van der Waals surface area contributed by atoms with Gasteiger partial charge in [-0.2, -0.15) is 8.42 Å². The molecule has 0 saturated carbocycles. The summed E-state index contributed by atoms with van der Waals surface area (Å²) in [5, 5.41) is 0. The molecule has 0 unspecified atom stereocenters. The fourth-order valence-corrected chi connectivity index (χ4v) is 3.42. The summed E-state index contributed by atoms with van der Waals surface area (Å²) in [5.41, 5.74) is 11.3. The smallest absolute Gasteiger partial charge is 0.744 e. The predicted octanol–water partition coefficient (Wildman–Crippen LogP) is -1.82. The molecule has 25 heavy (non-hydrogen) atoms. The maximum Gasteiger partial charge on any atom is 1.00 e. The molecule has 0 saturated heterocycles. The Hall–Kier alpha value is -1.40. The molecule has 128 valence electrons. The van der Waals surface area contributed by atoms with Gasteiger partial charge < -0.3 is 16.0 Å². The third-order valence-electron chi connectivity index (χ3n) is 3.06. The van der Waals surface area contributed by atoms with Crippen LogP contribution in [-0.4, -0.2) is 25.9 Å². The van der Waals surface area contributed by atoms with Gasteiger partial charge in [-0.1, -0.05) is 24.3 Å². The van der Waals surface area contributed by atoms with Crippen LogP contribution in [0.1, 0.15) is 11.1 Å². The summed E-state index contributed by atoms with van der Waals surface area (Å²) in [6.07, 6.45) is 2.47. The second-order valence-corrected chi connectivity index (χ2v) is 7.60. The Morgan fingerprint density at radius 2 is 1.24 bits per heavy atom. The van der Waals surface area contributed by atoms with Crippen LogP contribution in [0.3, 0.4) is 0 Å². The number of hydrogen-bond acceptors (Lipinski definition) is 7. The van der Waals surface area contributed by atoms with E-state index in [2.05, 4.69) is 0 Å². The van der Waals surface area contributed by atoms with Crippen molar-refractivity contribution in [1.29, 1.82) is 0 Å². The molecular formula is C14H13N2NaO6S2. The molecule has 0 bridgehead atoms. The maximum absolute atomic E-state index is 11.4. The number of hydrogen-bond donors (Lipinski definition) is 3. The first-order chi connectivity index (χ1) is 11.0. The Bertz CT molecular complexity index is 950. The molecule has 0 aliphatic carbocycles. The normalized spacial score (nSPS) is 12.1. The molecule has 0 aromatic heterocycles. The van der Waals surface area contributed by atoms with Crippen LogP contribution in [0.2, 0.25) is 0 Å². The summed E-state index contributed by atoms with van der Waals surface area (Å²) in [6, 6.07) is 7.50. The quantitative estimate of drug-likeness (QED) is 0.237. The molecule has 0 aliphatic rings. The molecule has 0 amide bonds. The zero-order chi connectivity index (χ0) is 18.1. The second kappa shape index (κ2) is 7.87. The number of nitrogens with two attached hydrogens (primary N) is 2. The van der Waals surface area contributed by atoms with Gasteiger partial charge in [-0.25, -0.2) is 8.42 Å². The molecule has 2 rings (SSSR count). The van der Waals surface area contributed by atoms with E-state index in [0.29, 0.717) is 0 Å². The van der Waals surface area contributed by atoms with Gasteiger partial charge in [0.15, 0.2) is 0 Å². The molecule has 0 fully saturated rings. The van der Waals surface area contributed by atoms with E-state index in [-0.39, 0.29) is 52.1 Å². The van der Waals surface area contributed by atoms with Crippen molar-refractivity contribution in [3.63, 3.8) is 0 Å². The minimum Gasteiger partial charge on any atom is -0.744 e. The van der Waals surface area contributed by atoms with E-state index in [1.165, 1.54) is 36.4 Å². The number of rotatable bonds is 4. The van der Waals surface area contributed by atoms with E-state index in [4.69, 9.17) is 11.5 Å². The van der Waals surface area contributed by atoms with Crippen LogP contribution in [-0.2, 0) is 20.2 Å². The first kappa shape index (κ1) is 21.6. The van der Waals surface area contributed by atoms with Crippen molar-refractivity contribution in [2.75, 3.05) is 11.5 Å². The van der Waals surface area contributed by atoms with Gasteiger partial charge in [-0.05, 0) is 35.4 Å². The van der Waals surface area contributed by atoms with E-state index < -0.39 is 30.0 Å². The number of anilines is 2. The Morgan fingerprint density at radius 1 is 0.840 bits per heavy atom. The van der Waals surface area contributed by atoms with Crippen molar-refractivity contribution in [2.24, 2.45) is 0 Å². The monoisotopic (exact) mass is 392 g/mol. The number of benzene rings is 2. The third kappa shape index (κ3) is 5.54. The topological polar surface area (TPSA) is 164 Å². The van der Waals surface area contributed by atoms with E-state index >= 15 is 0 Å². The zero-order valence-electron chi connectivity index (χ0n) is 13.1. The Balaban J connectivity index is 0.00000312. The molecule has 0 heterocycles. The van der Waals surface area contributed by atoms with E-state index in [1.54, 1.807) is 0 Å². The van der Waals surface area contributed by atoms with Crippen molar-refractivity contribution >= 4 is 43.8 Å². The van der Waals surface area contributed by atoms with Crippen LogP contribution >= 0.6 is 0 Å². The van der Waals surface area contributed by atoms with Crippen molar-refractivity contribution in [2.45, 2.75) is 9.79 Å². The molecule has 5 N–H and O–H groups in total. The van der Waals surface area contributed by atoms with Gasteiger partial charge in [0, 0.05) is 11.4 Å². The maximum atomic E-state index is 11.4. The first-order valence-corrected chi connectivity index (χ1v) is 9.24.